The van der Waals surface area contributed by atoms with E-state index in [2.05, 4.69) is 10.0 Å². The summed E-state index contributed by atoms with van der Waals surface area (Å²) in [6, 6.07) is 8.89. The lowest BCUT2D eigenvalue weighted by Crippen LogP contribution is -2.14. The molecule has 2 N–H and O–H groups in total. The first-order valence-electron chi connectivity index (χ1n) is 6.56. The van der Waals surface area contributed by atoms with Gasteiger partial charge in [-0.15, -0.1) is 0 Å². The zero-order valence-electron chi connectivity index (χ0n) is 12.5. The van der Waals surface area contributed by atoms with Crippen LogP contribution >= 0.6 is 0 Å². The van der Waals surface area contributed by atoms with Crippen LogP contribution in [0.25, 0.3) is 0 Å². The van der Waals surface area contributed by atoms with Crippen LogP contribution in [0, 0.1) is 5.82 Å². The Morgan fingerprint density at radius 2 is 1.78 bits per heavy atom. The van der Waals surface area contributed by atoms with E-state index < -0.39 is 15.8 Å². The molecule has 0 spiro atoms. The average Bonchev–Trinajstić information content (AvgIpc) is 2.47. The van der Waals surface area contributed by atoms with Crippen LogP contribution in [0.4, 0.5) is 15.8 Å². The van der Waals surface area contributed by atoms with Crippen LogP contribution in [0.2, 0.25) is 0 Å². The summed E-state index contributed by atoms with van der Waals surface area (Å²) in [5.41, 5.74) is 0.568. The number of nitrogens with one attached hydrogen (secondary N) is 2. The number of amides is 1. The molecule has 0 aromatic heterocycles. The Balaban J connectivity index is 2.32. The topological polar surface area (TPSA) is 84.5 Å². The molecule has 0 aliphatic rings. The normalized spacial score (nSPS) is 10.9. The van der Waals surface area contributed by atoms with Gasteiger partial charge in [0, 0.05) is 6.92 Å². The number of ether oxygens (including phenoxy) is 1. The third-order valence-electron chi connectivity index (χ3n) is 2.89. The maximum absolute atomic E-state index is 12.9. The first-order valence-corrected chi connectivity index (χ1v) is 8.04. The molecule has 0 fully saturated rings. The number of rotatable bonds is 5. The van der Waals surface area contributed by atoms with Gasteiger partial charge >= 0.3 is 0 Å². The van der Waals surface area contributed by atoms with E-state index in [-0.39, 0.29) is 16.5 Å². The largest absolute Gasteiger partial charge is 0.495 e. The van der Waals surface area contributed by atoms with Crippen LogP contribution < -0.4 is 14.8 Å². The second-order valence-corrected chi connectivity index (χ2v) is 6.34. The Labute approximate surface area is 133 Å². The number of methoxy groups -OCH3 is 1. The molecule has 0 radical (unpaired) electrons. The summed E-state index contributed by atoms with van der Waals surface area (Å²) in [4.78, 5) is 11.1. The van der Waals surface area contributed by atoms with Gasteiger partial charge in [0.15, 0.2) is 0 Å². The molecule has 0 aliphatic heterocycles. The Hall–Kier alpha value is -2.61. The fraction of sp³-hybridized carbons (Fsp3) is 0.133. The van der Waals surface area contributed by atoms with E-state index in [1.807, 2.05) is 0 Å². The maximum Gasteiger partial charge on any atom is 0.261 e. The fourth-order valence-electron chi connectivity index (χ4n) is 1.89. The van der Waals surface area contributed by atoms with Gasteiger partial charge in [0.1, 0.15) is 11.6 Å². The average molecular weight is 338 g/mol. The molecule has 1 amide bonds. The Morgan fingerprint density at radius 3 is 2.35 bits per heavy atom. The first kappa shape index (κ1) is 16.8. The minimum Gasteiger partial charge on any atom is -0.495 e. The number of carbonyl (C=O) groups is 1. The van der Waals surface area contributed by atoms with Crippen LogP contribution in [0.5, 0.6) is 5.75 Å². The number of sulfonamides is 1. The quantitative estimate of drug-likeness (QED) is 0.877. The first-order chi connectivity index (χ1) is 10.8. The van der Waals surface area contributed by atoms with Gasteiger partial charge < -0.3 is 10.1 Å². The summed E-state index contributed by atoms with van der Waals surface area (Å²) in [5.74, 6) is -0.451. The second kappa shape index (κ2) is 6.66. The molecule has 0 unspecified atom stereocenters. The smallest absolute Gasteiger partial charge is 0.261 e. The van der Waals surface area contributed by atoms with Gasteiger partial charge in [0.2, 0.25) is 5.91 Å². The van der Waals surface area contributed by atoms with Crippen molar-refractivity contribution in [1.82, 2.24) is 0 Å². The van der Waals surface area contributed by atoms with Crippen LogP contribution in [-0.4, -0.2) is 21.4 Å². The number of hydrogen-bond acceptors (Lipinski definition) is 4. The summed E-state index contributed by atoms with van der Waals surface area (Å²) in [5, 5.41) is 2.55. The molecular formula is C15H15FN2O4S. The second-order valence-electron chi connectivity index (χ2n) is 4.66. The lowest BCUT2D eigenvalue weighted by atomic mass is 10.2. The standard InChI is InChI=1S/C15H15FN2O4S/c1-10(19)17-14-9-12(5-8-15(14)22-2)18-23(20,21)13-6-3-11(16)4-7-13/h3-9,18H,1-2H3,(H,17,19). The number of carbonyl (C=O) groups excluding carboxylic acids is 1. The monoisotopic (exact) mass is 338 g/mol. The summed E-state index contributed by atoms with van der Waals surface area (Å²) < 4.78 is 44.8. The van der Waals surface area contributed by atoms with E-state index in [1.165, 1.54) is 32.2 Å². The van der Waals surface area contributed by atoms with Crippen molar-refractivity contribution in [3.63, 3.8) is 0 Å². The Kier molecular flexibility index (Phi) is 4.85. The summed E-state index contributed by atoms with van der Waals surface area (Å²) in [6.45, 7) is 1.33. The van der Waals surface area contributed by atoms with Crippen LogP contribution in [-0.2, 0) is 14.8 Å². The van der Waals surface area contributed by atoms with E-state index in [4.69, 9.17) is 4.74 Å². The highest BCUT2D eigenvalue weighted by Crippen LogP contribution is 2.29. The molecule has 23 heavy (non-hydrogen) atoms. The van der Waals surface area contributed by atoms with Crippen molar-refractivity contribution in [2.45, 2.75) is 11.8 Å². The van der Waals surface area contributed by atoms with Crippen molar-refractivity contribution in [1.29, 1.82) is 0 Å². The molecular weight excluding hydrogens is 323 g/mol. The molecule has 6 nitrogen and oxygen atoms in total. The van der Waals surface area contributed by atoms with E-state index in [0.717, 1.165) is 24.3 Å². The Bertz CT molecular complexity index is 820. The molecule has 2 aromatic carbocycles. The number of benzene rings is 2. The van der Waals surface area contributed by atoms with E-state index in [9.17, 15) is 17.6 Å². The van der Waals surface area contributed by atoms with Gasteiger partial charge in [0.05, 0.1) is 23.4 Å². The van der Waals surface area contributed by atoms with Gasteiger partial charge in [-0.1, -0.05) is 0 Å². The van der Waals surface area contributed by atoms with Crippen molar-refractivity contribution >= 4 is 27.3 Å². The third kappa shape index (κ3) is 4.19. The molecule has 0 saturated heterocycles. The highest BCUT2D eigenvalue weighted by Gasteiger charge is 2.15. The van der Waals surface area contributed by atoms with Gasteiger partial charge in [-0.3, -0.25) is 9.52 Å². The Morgan fingerprint density at radius 1 is 1.13 bits per heavy atom. The fourth-order valence-corrected chi connectivity index (χ4v) is 2.94. The molecule has 0 atom stereocenters. The zero-order valence-corrected chi connectivity index (χ0v) is 13.3. The molecule has 0 saturated carbocycles. The van der Waals surface area contributed by atoms with Gasteiger partial charge in [0.25, 0.3) is 10.0 Å². The SMILES string of the molecule is COc1ccc(NS(=O)(=O)c2ccc(F)cc2)cc1NC(C)=O. The lowest BCUT2D eigenvalue weighted by Gasteiger charge is -2.13. The molecule has 0 bridgehead atoms. The van der Waals surface area contributed by atoms with Crippen molar-refractivity contribution in [2.24, 2.45) is 0 Å². The van der Waals surface area contributed by atoms with Gasteiger partial charge in [-0.2, -0.15) is 0 Å². The summed E-state index contributed by atoms with van der Waals surface area (Å²) >= 11 is 0. The van der Waals surface area contributed by atoms with Gasteiger partial charge in [-0.25, -0.2) is 12.8 Å². The lowest BCUT2D eigenvalue weighted by molar-refractivity contribution is -0.114. The molecule has 0 heterocycles. The number of halogens is 1. The highest BCUT2D eigenvalue weighted by atomic mass is 32.2. The molecule has 2 rings (SSSR count). The molecule has 122 valence electrons. The summed E-state index contributed by atoms with van der Waals surface area (Å²) in [6.07, 6.45) is 0. The number of hydrogen-bond donors (Lipinski definition) is 2. The molecule has 0 aliphatic carbocycles. The summed E-state index contributed by atoms with van der Waals surface area (Å²) in [7, 11) is -2.43. The van der Waals surface area contributed by atoms with Crippen LogP contribution in [0.1, 0.15) is 6.92 Å². The molecule has 2 aromatic rings. The predicted molar refractivity (Wildman–Crippen MR) is 84.5 cm³/mol. The van der Waals surface area contributed by atoms with Crippen molar-refractivity contribution in [3.05, 3.63) is 48.3 Å². The van der Waals surface area contributed by atoms with Crippen LogP contribution in [0.3, 0.4) is 0 Å². The third-order valence-corrected chi connectivity index (χ3v) is 4.28. The van der Waals surface area contributed by atoms with Gasteiger partial charge in [-0.05, 0) is 42.5 Å². The minimum atomic E-state index is -3.87. The number of anilines is 2. The van der Waals surface area contributed by atoms with Crippen molar-refractivity contribution < 1.29 is 22.3 Å². The van der Waals surface area contributed by atoms with Crippen molar-refractivity contribution in [2.75, 3.05) is 17.1 Å². The molecule has 8 heteroatoms. The zero-order chi connectivity index (χ0) is 17.0. The highest BCUT2D eigenvalue weighted by molar-refractivity contribution is 7.92. The van der Waals surface area contributed by atoms with Crippen molar-refractivity contribution in [3.8, 4) is 5.75 Å². The predicted octanol–water partition coefficient (Wildman–Crippen LogP) is 2.59. The van der Waals surface area contributed by atoms with E-state index in [1.54, 1.807) is 0 Å². The minimum absolute atomic E-state index is 0.0733. The van der Waals surface area contributed by atoms with E-state index in [0.29, 0.717) is 11.4 Å². The van der Waals surface area contributed by atoms with E-state index >= 15 is 0 Å². The van der Waals surface area contributed by atoms with Crippen LogP contribution in [0.15, 0.2) is 47.4 Å². The maximum atomic E-state index is 12.9.